The van der Waals surface area contributed by atoms with Gasteiger partial charge in [0.2, 0.25) is 0 Å². The van der Waals surface area contributed by atoms with Gasteiger partial charge < -0.3 is 10.7 Å². The van der Waals surface area contributed by atoms with Gasteiger partial charge in [-0.2, -0.15) is 0 Å². The van der Waals surface area contributed by atoms with Crippen molar-refractivity contribution in [2.24, 2.45) is 5.84 Å². The lowest BCUT2D eigenvalue weighted by molar-refractivity contribution is 1.01. The molecule has 0 saturated carbocycles. The van der Waals surface area contributed by atoms with Gasteiger partial charge in [0.25, 0.3) is 0 Å². The maximum absolute atomic E-state index is 5.63. The summed E-state index contributed by atoms with van der Waals surface area (Å²) in [5, 5.41) is 10.7. The molecule has 1 aromatic heterocycles. The first-order valence-corrected chi connectivity index (χ1v) is 3.89. The molecule has 5 nitrogen and oxygen atoms in total. The smallest absolute Gasteiger partial charge is 0.186 e. The molecule has 0 spiro atoms. The summed E-state index contributed by atoms with van der Waals surface area (Å²) < 4.78 is 0. The van der Waals surface area contributed by atoms with Crippen molar-refractivity contribution in [3.8, 4) is 0 Å². The van der Waals surface area contributed by atoms with Gasteiger partial charge in [-0.15, -0.1) is 35.0 Å². The van der Waals surface area contributed by atoms with Crippen molar-refractivity contribution in [2.75, 3.05) is 17.3 Å². The average molecular weight is 261 g/mol. The number of halogens is 3. The quantitative estimate of drug-likeness (QED) is 0.570. The highest BCUT2D eigenvalue weighted by Gasteiger charge is 2.02. The fraction of sp³-hybridized carbons (Fsp3) is 0.333. The van der Waals surface area contributed by atoms with E-state index in [1.165, 1.54) is 0 Å². The molecule has 0 aliphatic carbocycles. The van der Waals surface area contributed by atoms with Gasteiger partial charge in [-0.05, 0) is 6.92 Å². The molecular formula is C6H12Cl3N5. The van der Waals surface area contributed by atoms with Gasteiger partial charge in [0.15, 0.2) is 11.0 Å². The summed E-state index contributed by atoms with van der Waals surface area (Å²) in [7, 11) is 0. The Hall–Kier alpha value is -0.490. The van der Waals surface area contributed by atoms with Crippen LogP contribution in [0, 0.1) is 0 Å². The van der Waals surface area contributed by atoms with Gasteiger partial charge in [0.05, 0.1) is 5.69 Å². The lowest BCUT2D eigenvalue weighted by atomic mass is 10.4. The molecule has 0 aromatic carbocycles. The van der Waals surface area contributed by atoms with E-state index in [1.807, 2.05) is 6.92 Å². The summed E-state index contributed by atoms with van der Waals surface area (Å²) in [5.41, 5.74) is 3.16. The highest BCUT2D eigenvalue weighted by atomic mass is 35.5. The second kappa shape index (κ2) is 7.87. The van der Waals surface area contributed by atoms with Gasteiger partial charge in [-0.25, -0.2) is 5.84 Å². The number of hydrazine groups is 1. The van der Waals surface area contributed by atoms with Crippen LogP contribution < -0.4 is 16.6 Å². The van der Waals surface area contributed by atoms with Crippen LogP contribution in [-0.2, 0) is 0 Å². The standard InChI is InChI=1S/C6H10ClN5.2ClH/c1-2-9-4-3-5(7)11-12-6(4)10-8;;/h3H,2,8H2,1H3,(H,9,11)(H,10,12);2*1H. The highest BCUT2D eigenvalue weighted by molar-refractivity contribution is 6.29. The zero-order valence-corrected chi connectivity index (χ0v) is 9.84. The minimum atomic E-state index is 0. The van der Waals surface area contributed by atoms with E-state index in [-0.39, 0.29) is 24.8 Å². The number of nitrogens with one attached hydrogen (secondary N) is 2. The van der Waals surface area contributed by atoms with Crippen molar-refractivity contribution in [1.82, 2.24) is 10.2 Å². The Morgan fingerprint density at radius 1 is 1.43 bits per heavy atom. The molecule has 0 saturated heterocycles. The van der Waals surface area contributed by atoms with E-state index in [2.05, 4.69) is 20.9 Å². The summed E-state index contributed by atoms with van der Waals surface area (Å²) in [6, 6.07) is 1.66. The van der Waals surface area contributed by atoms with Crippen LogP contribution in [0.4, 0.5) is 11.5 Å². The average Bonchev–Trinajstić information content (AvgIpc) is 2.05. The molecule has 0 radical (unpaired) electrons. The number of nitrogens with zero attached hydrogens (tertiary/aromatic N) is 2. The van der Waals surface area contributed by atoms with Crippen molar-refractivity contribution >= 4 is 47.9 Å². The monoisotopic (exact) mass is 259 g/mol. The number of nitrogens with two attached hydrogens (primary N) is 1. The molecular weight excluding hydrogens is 248 g/mol. The summed E-state index contributed by atoms with van der Waals surface area (Å²) in [6.07, 6.45) is 0. The maximum Gasteiger partial charge on any atom is 0.186 e. The third-order valence-electron chi connectivity index (χ3n) is 1.27. The van der Waals surface area contributed by atoms with Crippen LogP contribution in [-0.4, -0.2) is 16.7 Å². The molecule has 1 heterocycles. The lowest BCUT2D eigenvalue weighted by Crippen LogP contribution is -2.12. The number of aromatic nitrogens is 2. The fourth-order valence-electron chi connectivity index (χ4n) is 0.800. The number of hydrogen-bond donors (Lipinski definition) is 3. The van der Waals surface area contributed by atoms with Crippen LogP contribution in [0.3, 0.4) is 0 Å². The van der Waals surface area contributed by atoms with Crippen LogP contribution in [0.2, 0.25) is 5.15 Å². The first-order valence-electron chi connectivity index (χ1n) is 3.51. The zero-order valence-electron chi connectivity index (χ0n) is 7.45. The fourth-order valence-corrected chi connectivity index (χ4v) is 0.947. The van der Waals surface area contributed by atoms with Crippen LogP contribution in [0.1, 0.15) is 6.92 Å². The maximum atomic E-state index is 5.63. The van der Waals surface area contributed by atoms with Gasteiger partial charge in [-0.1, -0.05) is 11.6 Å². The lowest BCUT2D eigenvalue weighted by Gasteiger charge is -2.07. The zero-order chi connectivity index (χ0) is 8.97. The second-order valence-electron chi connectivity index (χ2n) is 2.10. The Morgan fingerprint density at radius 3 is 2.57 bits per heavy atom. The highest BCUT2D eigenvalue weighted by Crippen LogP contribution is 2.19. The van der Waals surface area contributed by atoms with Crippen molar-refractivity contribution in [3.63, 3.8) is 0 Å². The first-order chi connectivity index (χ1) is 5.77. The SMILES string of the molecule is CCNc1cc(Cl)nnc1NN.Cl.Cl. The molecule has 0 fully saturated rings. The van der Waals surface area contributed by atoms with Crippen molar-refractivity contribution in [2.45, 2.75) is 6.92 Å². The topological polar surface area (TPSA) is 75.9 Å². The minimum absolute atomic E-state index is 0. The van der Waals surface area contributed by atoms with E-state index in [9.17, 15) is 0 Å². The first kappa shape index (κ1) is 16.0. The summed E-state index contributed by atoms with van der Waals surface area (Å²) in [5.74, 6) is 5.68. The van der Waals surface area contributed by atoms with E-state index in [4.69, 9.17) is 17.4 Å². The Kier molecular flexibility index (Phi) is 8.97. The Morgan fingerprint density at radius 2 is 2.07 bits per heavy atom. The normalized spacial score (nSPS) is 8.21. The van der Waals surface area contributed by atoms with Crippen LogP contribution in [0.15, 0.2) is 6.07 Å². The molecule has 0 aliphatic rings. The summed E-state index contributed by atoms with van der Waals surface area (Å²) in [4.78, 5) is 0. The number of rotatable bonds is 3. The Bertz CT molecular complexity index is 270. The van der Waals surface area contributed by atoms with Crippen LogP contribution in [0.5, 0.6) is 0 Å². The summed E-state index contributed by atoms with van der Waals surface area (Å²) >= 11 is 5.63. The predicted molar refractivity (Wildman–Crippen MR) is 63.5 cm³/mol. The Labute approximate surface area is 99.6 Å². The van der Waals surface area contributed by atoms with Gasteiger partial charge >= 0.3 is 0 Å². The molecule has 0 atom stereocenters. The van der Waals surface area contributed by atoms with Gasteiger partial charge in [0, 0.05) is 12.6 Å². The van der Waals surface area contributed by atoms with Crippen molar-refractivity contribution in [3.05, 3.63) is 11.2 Å². The van der Waals surface area contributed by atoms with Crippen molar-refractivity contribution < 1.29 is 0 Å². The van der Waals surface area contributed by atoms with Crippen LogP contribution in [0.25, 0.3) is 0 Å². The van der Waals surface area contributed by atoms with Crippen LogP contribution >= 0.6 is 36.4 Å². The molecule has 1 rings (SSSR count). The molecule has 0 bridgehead atoms. The third-order valence-corrected chi connectivity index (χ3v) is 1.45. The molecule has 8 heteroatoms. The summed E-state index contributed by atoms with van der Waals surface area (Å²) in [6.45, 7) is 2.74. The molecule has 1 aromatic rings. The second-order valence-corrected chi connectivity index (χ2v) is 2.49. The Balaban J connectivity index is 0. The molecule has 0 aliphatic heterocycles. The molecule has 0 amide bonds. The molecule has 4 N–H and O–H groups in total. The number of hydrogen-bond acceptors (Lipinski definition) is 5. The van der Waals surface area contributed by atoms with Gasteiger partial charge in [0.1, 0.15) is 0 Å². The number of nitrogen functional groups attached to an aromatic ring is 1. The third kappa shape index (κ3) is 4.15. The van der Waals surface area contributed by atoms with E-state index in [0.717, 1.165) is 12.2 Å². The molecule has 0 unspecified atom stereocenters. The van der Waals surface area contributed by atoms with E-state index in [1.54, 1.807) is 6.07 Å². The molecule has 82 valence electrons. The minimum Gasteiger partial charge on any atom is -0.382 e. The molecule has 14 heavy (non-hydrogen) atoms. The van der Waals surface area contributed by atoms with E-state index in [0.29, 0.717) is 11.0 Å². The van der Waals surface area contributed by atoms with E-state index < -0.39 is 0 Å². The largest absolute Gasteiger partial charge is 0.382 e. The van der Waals surface area contributed by atoms with E-state index >= 15 is 0 Å². The van der Waals surface area contributed by atoms with Gasteiger partial charge in [-0.3, -0.25) is 0 Å². The van der Waals surface area contributed by atoms with Crippen molar-refractivity contribution in [1.29, 1.82) is 0 Å². The predicted octanol–water partition coefficient (Wildman–Crippen LogP) is 1.69. The number of anilines is 2.